The highest BCUT2D eigenvalue weighted by molar-refractivity contribution is 9.10. The Morgan fingerprint density at radius 1 is 1.02 bits per heavy atom. The van der Waals surface area contributed by atoms with Crippen molar-refractivity contribution in [2.45, 2.75) is 45.1 Å². The van der Waals surface area contributed by atoms with Gasteiger partial charge in [0.25, 0.3) is 0 Å². The molecule has 1 aliphatic rings. The summed E-state index contributed by atoms with van der Waals surface area (Å²) in [6.45, 7) is 1.28. The zero-order chi connectivity index (χ0) is 30.5. The topological polar surface area (TPSA) is 135 Å². The number of halogens is 1. The molecule has 44 heavy (non-hydrogen) atoms. The highest BCUT2D eigenvalue weighted by Crippen LogP contribution is 2.38. The number of aliphatic carboxylic acids is 1. The molecule has 1 saturated heterocycles. The first kappa shape index (κ1) is 29.3. The number of carboxylic acid groups (broad SMARTS) is 1. The molecule has 5 aromatic rings. The minimum absolute atomic E-state index is 0.146. The molecule has 3 aromatic carbocycles. The van der Waals surface area contributed by atoms with Crippen LogP contribution in [0.2, 0.25) is 0 Å². The van der Waals surface area contributed by atoms with Crippen molar-refractivity contribution in [2.24, 2.45) is 0 Å². The average molecular weight is 655 g/mol. The van der Waals surface area contributed by atoms with Crippen LogP contribution in [0.15, 0.2) is 82.0 Å². The molecule has 11 heteroatoms. The van der Waals surface area contributed by atoms with Gasteiger partial charge in [-0.1, -0.05) is 55.0 Å². The van der Waals surface area contributed by atoms with Crippen LogP contribution in [0.4, 0.5) is 0 Å². The molecule has 1 atom stereocenters. The fourth-order valence-electron chi connectivity index (χ4n) is 5.47. The lowest BCUT2D eigenvalue weighted by molar-refractivity contribution is -0.144. The Morgan fingerprint density at radius 3 is 2.66 bits per heavy atom. The SMILES string of the molecule is N#Cc1cc(COc2cc(OCc3cccc(-c4ccccc4)c3Br)c3nonc3c2CN2CCCC[C@H]2C(=O)O)ccn1. The van der Waals surface area contributed by atoms with E-state index < -0.39 is 12.0 Å². The van der Waals surface area contributed by atoms with Crippen LogP contribution in [0, 0.1) is 11.3 Å². The molecule has 0 unspecified atom stereocenters. The molecule has 1 N–H and O–H groups in total. The summed E-state index contributed by atoms with van der Waals surface area (Å²) in [6, 6.07) is 22.7. The second-order valence-corrected chi connectivity index (χ2v) is 11.3. The van der Waals surface area contributed by atoms with Gasteiger partial charge < -0.3 is 14.6 Å². The number of carboxylic acids is 1. The van der Waals surface area contributed by atoms with Crippen molar-refractivity contribution in [1.82, 2.24) is 20.2 Å². The molecule has 1 fully saturated rings. The van der Waals surface area contributed by atoms with Crippen LogP contribution in [0.1, 0.15) is 41.6 Å². The summed E-state index contributed by atoms with van der Waals surface area (Å²) in [7, 11) is 0. The van der Waals surface area contributed by atoms with E-state index >= 15 is 0 Å². The van der Waals surface area contributed by atoms with Crippen molar-refractivity contribution in [2.75, 3.05) is 6.54 Å². The van der Waals surface area contributed by atoms with Gasteiger partial charge in [-0.25, -0.2) is 9.61 Å². The molecular weight excluding hydrogens is 626 g/mol. The third kappa shape index (κ3) is 6.27. The van der Waals surface area contributed by atoms with Gasteiger partial charge in [0.2, 0.25) is 0 Å². The number of piperidine rings is 1. The summed E-state index contributed by atoms with van der Waals surface area (Å²) in [5.74, 6) is 0.0222. The number of aromatic nitrogens is 3. The molecule has 0 radical (unpaired) electrons. The lowest BCUT2D eigenvalue weighted by Gasteiger charge is -2.33. The van der Waals surface area contributed by atoms with Gasteiger partial charge in [0.15, 0.2) is 11.3 Å². The van der Waals surface area contributed by atoms with Gasteiger partial charge in [0.1, 0.15) is 42.3 Å². The first-order valence-corrected chi connectivity index (χ1v) is 15.0. The number of pyridine rings is 1. The van der Waals surface area contributed by atoms with Crippen LogP contribution in [0.5, 0.6) is 11.5 Å². The fourth-order valence-corrected chi connectivity index (χ4v) is 6.08. The minimum atomic E-state index is -0.856. The standard InChI is InChI=1S/C33H28BrN5O5/c34-30-23(9-6-10-25(30)22-7-2-1-3-8-22)20-43-29-16-28(42-19-21-12-13-36-24(15-21)17-35)26(31-32(29)38-44-37-31)18-39-14-5-4-11-27(39)33(40)41/h1-3,6-10,12-13,15-16,27H,4-5,11,14,18-20H2,(H,40,41)/t27-/m0/s1. The number of rotatable bonds is 10. The first-order valence-electron chi connectivity index (χ1n) is 14.2. The highest BCUT2D eigenvalue weighted by Gasteiger charge is 2.31. The van der Waals surface area contributed by atoms with Gasteiger partial charge >= 0.3 is 5.97 Å². The highest BCUT2D eigenvalue weighted by atomic mass is 79.9. The quantitative estimate of drug-likeness (QED) is 0.177. The second kappa shape index (κ2) is 13.2. The maximum absolute atomic E-state index is 12.1. The van der Waals surface area contributed by atoms with E-state index in [4.69, 9.17) is 14.1 Å². The molecule has 0 aliphatic carbocycles. The van der Waals surface area contributed by atoms with Gasteiger partial charge in [0, 0.05) is 34.4 Å². The number of fused-ring (bicyclic) bond motifs is 1. The van der Waals surface area contributed by atoms with Gasteiger partial charge in [-0.05, 0) is 74.5 Å². The van der Waals surface area contributed by atoms with Crippen molar-refractivity contribution >= 4 is 32.9 Å². The number of likely N-dealkylation sites (tertiary alicyclic amines) is 1. The third-order valence-corrected chi connectivity index (χ3v) is 8.64. The molecule has 2 aromatic heterocycles. The summed E-state index contributed by atoms with van der Waals surface area (Å²) < 4.78 is 18.8. The number of carbonyl (C=O) groups is 1. The minimum Gasteiger partial charge on any atom is -0.488 e. The first-order chi connectivity index (χ1) is 21.5. The Kier molecular flexibility index (Phi) is 8.81. The summed E-state index contributed by atoms with van der Waals surface area (Å²) in [5.41, 5.74) is 5.61. The number of nitriles is 1. The summed E-state index contributed by atoms with van der Waals surface area (Å²) in [5, 5.41) is 27.5. The van der Waals surface area contributed by atoms with Crippen molar-refractivity contribution in [3.63, 3.8) is 0 Å². The van der Waals surface area contributed by atoms with Gasteiger partial charge in [0.05, 0.1) is 0 Å². The Balaban J connectivity index is 1.34. The monoisotopic (exact) mass is 653 g/mol. The van der Waals surface area contributed by atoms with E-state index in [0.717, 1.165) is 39.6 Å². The van der Waals surface area contributed by atoms with E-state index in [0.29, 0.717) is 41.1 Å². The molecule has 3 heterocycles. The molecule has 0 amide bonds. The lowest BCUT2D eigenvalue weighted by atomic mass is 10.0. The molecule has 0 spiro atoms. The van der Waals surface area contributed by atoms with Gasteiger partial charge in [-0.15, -0.1) is 0 Å². The van der Waals surface area contributed by atoms with E-state index in [9.17, 15) is 15.2 Å². The number of benzene rings is 3. The maximum Gasteiger partial charge on any atom is 0.320 e. The van der Waals surface area contributed by atoms with E-state index in [1.54, 1.807) is 24.4 Å². The van der Waals surface area contributed by atoms with E-state index in [2.05, 4.69) is 43.4 Å². The second-order valence-electron chi connectivity index (χ2n) is 10.5. The Hall–Kier alpha value is -4.79. The molecule has 6 rings (SSSR count). The predicted molar refractivity (Wildman–Crippen MR) is 165 cm³/mol. The van der Waals surface area contributed by atoms with E-state index in [-0.39, 0.29) is 25.5 Å². The van der Waals surface area contributed by atoms with Crippen LogP contribution in [0.3, 0.4) is 0 Å². The van der Waals surface area contributed by atoms with Gasteiger partial charge in [-0.3, -0.25) is 9.69 Å². The van der Waals surface area contributed by atoms with Crippen LogP contribution >= 0.6 is 15.9 Å². The van der Waals surface area contributed by atoms with Crippen LogP contribution in [0.25, 0.3) is 22.2 Å². The maximum atomic E-state index is 12.1. The average Bonchev–Trinajstić information content (AvgIpc) is 3.55. The normalized spacial score (nSPS) is 15.1. The molecule has 10 nitrogen and oxygen atoms in total. The number of ether oxygens (including phenoxy) is 2. The fraction of sp³-hybridized carbons (Fsp3) is 0.242. The van der Waals surface area contributed by atoms with Crippen LogP contribution in [-0.4, -0.2) is 43.9 Å². The summed E-state index contributed by atoms with van der Waals surface area (Å²) >= 11 is 3.76. The molecule has 1 aliphatic heterocycles. The van der Waals surface area contributed by atoms with E-state index in [1.807, 2.05) is 47.4 Å². The number of hydrogen-bond donors (Lipinski definition) is 1. The Bertz CT molecular complexity index is 1840. The van der Waals surface area contributed by atoms with Crippen molar-refractivity contribution in [3.8, 4) is 28.7 Å². The lowest BCUT2D eigenvalue weighted by Crippen LogP contribution is -2.44. The Morgan fingerprint density at radius 2 is 1.84 bits per heavy atom. The van der Waals surface area contributed by atoms with Crippen molar-refractivity contribution in [1.29, 1.82) is 5.26 Å². The largest absolute Gasteiger partial charge is 0.488 e. The smallest absolute Gasteiger partial charge is 0.320 e. The van der Waals surface area contributed by atoms with Crippen LogP contribution < -0.4 is 9.47 Å². The van der Waals surface area contributed by atoms with Crippen LogP contribution in [-0.2, 0) is 24.6 Å². The number of hydrogen-bond acceptors (Lipinski definition) is 9. The molecule has 0 bridgehead atoms. The summed E-state index contributed by atoms with van der Waals surface area (Å²) in [4.78, 5) is 18.0. The number of nitrogens with zero attached hydrogens (tertiary/aromatic N) is 5. The van der Waals surface area contributed by atoms with E-state index in [1.165, 1.54) is 0 Å². The van der Waals surface area contributed by atoms with Crippen molar-refractivity contribution in [3.05, 3.63) is 99.8 Å². The molecule has 0 saturated carbocycles. The summed E-state index contributed by atoms with van der Waals surface area (Å²) in [6.07, 6.45) is 3.88. The molecule has 222 valence electrons. The Labute approximate surface area is 261 Å². The zero-order valence-electron chi connectivity index (χ0n) is 23.6. The third-order valence-electron chi connectivity index (χ3n) is 7.71. The van der Waals surface area contributed by atoms with Gasteiger partial charge in [-0.2, -0.15) is 5.26 Å². The zero-order valence-corrected chi connectivity index (χ0v) is 25.2. The van der Waals surface area contributed by atoms with Crippen molar-refractivity contribution < 1.29 is 24.0 Å². The predicted octanol–water partition coefficient (Wildman–Crippen LogP) is 6.52. The molecular formula is C33H28BrN5O5.